The van der Waals surface area contributed by atoms with E-state index in [9.17, 15) is 0 Å². The molecule has 0 atom stereocenters. The molecule has 124 valence electrons. The third kappa shape index (κ3) is 3.53. The minimum atomic E-state index is 0.737. The first kappa shape index (κ1) is 15.4. The van der Waals surface area contributed by atoms with Crippen molar-refractivity contribution in [2.75, 3.05) is 5.32 Å². The maximum Gasteiger partial charge on any atom is 0.235 e. The third-order valence-corrected chi connectivity index (χ3v) is 4.27. The zero-order chi connectivity index (χ0) is 16.9. The summed E-state index contributed by atoms with van der Waals surface area (Å²) < 4.78 is 2.03. The van der Waals surface area contributed by atoms with Crippen LogP contribution in [0.25, 0.3) is 5.78 Å². The van der Waals surface area contributed by atoms with Gasteiger partial charge < -0.3 is 5.32 Å². The van der Waals surface area contributed by atoms with Crippen molar-refractivity contribution in [3.8, 4) is 0 Å². The van der Waals surface area contributed by atoms with Gasteiger partial charge in [0.1, 0.15) is 5.82 Å². The molecule has 0 aliphatic carbocycles. The largest absolute Gasteiger partial charge is 0.366 e. The Morgan fingerprint density at radius 1 is 0.800 bits per heavy atom. The van der Waals surface area contributed by atoms with E-state index < -0.39 is 0 Å². The molecule has 2 aromatic carbocycles. The van der Waals surface area contributed by atoms with E-state index in [1.807, 2.05) is 28.8 Å². The fourth-order valence-electron chi connectivity index (χ4n) is 2.98. The van der Waals surface area contributed by atoms with Crippen LogP contribution < -0.4 is 5.32 Å². The number of aryl methyl sites for hydroxylation is 2. The van der Waals surface area contributed by atoms with Crippen LogP contribution in [-0.2, 0) is 19.4 Å². The lowest BCUT2D eigenvalue weighted by atomic mass is 10.1. The summed E-state index contributed by atoms with van der Waals surface area (Å²) in [6.07, 6.45) is 5.63. The minimum Gasteiger partial charge on any atom is -0.366 e. The molecule has 2 aromatic heterocycles. The summed E-state index contributed by atoms with van der Waals surface area (Å²) in [5.41, 5.74) is 3.62. The van der Waals surface area contributed by atoms with Gasteiger partial charge in [-0.2, -0.15) is 0 Å². The normalized spacial score (nSPS) is 10.9. The predicted octanol–water partition coefficient (Wildman–Crippen LogP) is 4.13. The highest BCUT2D eigenvalue weighted by atomic mass is 15.2. The van der Waals surface area contributed by atoms with Gasteiger partial charge in [0.2, 0.25) is 5.78 Å². The monoisotopic (exact) mass is 328 g/mol. The minimum absolute atomic E-state index is 0.737. The Morgan fingerprint density at radius 3 is 2.28 bits per heavy atom. The molecule has 0 unspecified atom stereocenters. The Kier molecular flexibility index (Phi) is 4.42. The van der Waals surface area contributed by atoms with Crippen LogP contribution in [0.5, 0.6) is 0 Å². The fourth-order valence-corrected chi connectivity index (χ4v) is 2.98. The molecule has 0 saturated heterocycles. The van der Waals surface area contributed by atoms with Gasteiger partial charge in [0.15, 0.2) is 0 Å². The van der Waals surface area contributed by atoms with Gasteiger partial charge >= 0.3 is 0 Å². The fraction of sp³-hybridized carbons (Fsp3) is 0.143. The van der Waals surface area contributed by atoms with Crippen LogP contribution in [0.1, 0.15) is 16.8 Å². The number of hydrogen-bond acceptors (Lipinski definition) is 3. The SMILES string of the molecule is c1ccc(CCc2nc3ncccn3c2NCc2ccccc2)cc1. The number of hydrogen-bond donors (Lipinski definition) is 1. The maximum absolute atomic E-state index is 4.73. The summed E-state index contributed by atoms with van der Waals surface area (Å²) in [5, 5.41) is 3.55. The van der Waals surface area contributed by atoms with Gasteiger partial charge in [-0.25, -0.2) is 9.97 Å². The molecule has 4 heteroatoms. The van der Waals surface area contributed by atoms with Crippen molar-refractivity contribution in [1.82, 2.24) is 14.4 Å². The van der Waals surface area contributed by atoms with E-state index in [-0.39, 0.29) is 0 Å². The summed E-state index contributed by atoms with van der Waals surface area (Å²) >= 11 is 0. The van der Waals surface area contributed by atoms with Crippen molar-refractivity contribution in [3.63, 3.8) is 0 Å². The van der Waals surface area contributed by atoms with E-state index >= 15 is 0 Å². The molecule has 1 N–H and O–H groups in total. The molecule has 0 radical (unpaired) electrons. The number of imidazole rings is 1. The molecule has 0 spiro atoms. The Balaban J connectivity index is 1.59. The van der Waals surface area contributed by atoms with E-state index in [1.165, 1.54) is 11.1 Å². The molecule has 0 bridgehead atoms. The van der Waals surface area contributed by atoms with Crippen LogP contribution in [0.2, 0.25) is 0 Å². The van der Waals surface area contributed by atoms with Gasteiger partial charge in [-0.3, -0.25) is 4.40 Å². The molecule has 4 aromatic rings. The van der Waals surface area contributed by atoms with Gasteiger partial charge in [-0.05, 0) is 30.0 Å². The molecule has 2 heterocycles. The molecule has 4 rings (SSSR count). The molecule has 0 aliphatic heterocycles. The van der Waals surface area contributed by atoms with E-state index in [2.05, 4.69) is 58.8 Å². The molecule has 25 heavy (non-hydrogen) atoms. The predicted molar refractivity (Wildman–Crippen MR) is 101 cm³/mol. The van der Waals surface area contributed by atoms with Crippen LogP contribution >= 0.6 is 0 Å². The van der Waals surface area contributed by atoms with Crippen molar-refractivity contribution < 1.29 is 0 Å². The first-order chi connectivity index (χ1) is 12.4. The van der Waals surface area contributed by atoms with Crippen molar-refractivity contribution in [2.45, 2.75) is 19.4 Å². The molecule has 0 aliphatic rings. The highest BCUT2D eigenvalue weighted by Gasteiger charge is 2.12. The first-order valence-electron chi connectivity index (χ1n) is 8.54. The smallest absolute Gasteiger partial charge is 0.235 e. The van der Waals surface area contributed by atoms with E-state index in [0.717, 1.165) is 36.7 Å². The topological polar surface area (TPSA) is 42.2 Å². The summed E-state index contributed by atoms with van der Waals surface area (Å²) in [6.45, 7) is 0.766. The second-order valence-electron chi connectivity index (χ2n) is 6.02. The molecule has 0 saturated carbocycles. The van der Waals surface area contributed by atoms with E-state index in [0.29, 0.717) is 0 Å². The van der Waals surface area contributed by atoms with Crippen molar-refractivity contribution in [2.24, 2.45) is 0 Å². The van der Waals surface area contributed by atoms with Crippen LogP contribution in [-0.4, -0.2) is 14.4 Å². The summed E-state index contributed by atoms with van der Waals surface area (Å²) in [6, 6.07) is 22.9. The number of rotatable bonds is 6. The lowest BCUT2D eigenvalue weighted by Gasteiger charge is -2.09. The molecule has 0 fully saturated rings. The summed E-state index contributed by atoms with van der Waals surface area (Å²) in [7, 11) is 0. The van der Waals surface area contributed by atoms with Gasteiger partial charge in [-0.15, -0.1) is 0 Å². The summed E-state index contributed by atoms with van der Waals surface area (Å²) in [5.74, 6) is 1.77. The molecular weight excluding hydrogens is 308 g/mol. The van der Waals surface area contributed by atoms with Crippen LogP contribution in [0.4, 0.5) is 5.82 Å². The number of aromatic nitrogens is 3. The van der Waals surface area contributed by atoms with Gasteiger partial charge in [-0.1, -0.05) is 60.7 Å². The van der Waals surface area contributed by atoms with E-state index in [1.54, 1.807) is 6.20 Å². The van der Waals surface area contributed by atoms with Crippen LogP contribution in [0.15, 0.2) is 79.1 Å². The number of fused-ring (bicyclic) bond motifs is 1. The zero-order valence-electron chi connectivity index (χ0n) is 14.0. The second kappa shape index (κ2) is 7.18. The van der Waals surface area contributed by atoms with E-state index in [4.69, 9.17) is 4.98 Å². The first-order valence-corrected chi connectivity index (χ1v) is 8.54. The summed E-state index contributed by atoms with van der Waals surface area (Å²) in [4.78, 5) is 9.11. The molecule has 0 amide bonds. The Morgan fingerprint density at radius 2 is 1.52 bits per heavy atom. The van der Waals surface area contributed by atoms with Crippen molar-refractivity contribution in [3.05, 3.63) is 95.9 Å². The average molecular weight is 328 g/mol. The lowest BCUT2D eigenvalue weighted by molar-refractivity contribution is 0.922. The number of benzene rings is 2. The maximum atomic E-state index is 4.73. The quantitative estimate of drug-likeness (QED) is 0.579. The van der Waals surface area contributed by atoms with Crippen LogP contribution in [0, 0.1) is 0 Å². The zero-order valence-corrected chi connectivity index (χ0v) is 14.0. The van der Waals surface area contributed by atoms with Gasteiger partial charge in [0, 0.05) is 18.9 Å². The van der Waals surface area contributed by atoms with Crippen LogP contribution in [0.3, 0.4) is 0 Å². The van der Waals surface area contributed by atoms with Crippen molar-refractivity contribution in [1.29, 1.82) is 0 Å². The third-order valence-electron chi connectivity index (χ3n) is 4.27. The Hall–Kier alpha value is -3.14. The average Bonchev–Trinajstić information content (AvgIpc) is 3.04. The van der Waals surface area contributed by atoms with Crippen molar-refractivity contribution >= 4 is 11.6 Å². The highest BCUT2D eigenvalue weighted by Crippen LogP contribution is 2.20. The standard InChI is InChI=1S/C21H20N4/c1-3-8-17(9-4-1)12-13-19-20(23-16-18-10-5-2-6-11-18)25-15-7-14-22-21(25)24-19/h1-11,14-15,23H,12-13,16H2. The second-order valence-corrected chi connectivity index (χ2v) is 6.02. The highest BCUT2D eigenvalue weighted by molar-refractivity contribution is 5.52. The number of anilines is 1. The lowest BCUT2D eigenvalue weighted by Crippen LogP contribution is -2.05. The Bertz CT molecular complexity index is 945. The molecular formula is C21H20N4. The van der Waals surface area contributed by atoms with Gasteiger partial charge in [0.05, 0.1) is 5.69 Å². The molecule has 4 nitrogen and oxygen atoms in total. The van der Waals surface area contributed by atoms with Gasteiger partial charge in [0.25, 0.3) is 0 Å². The number of nitrogens with zero attached hydrogens (tertiary/aromatic N) is 3. The number of nitrogens with one attached hydrogen (secondary N) is 1. The Labute approximate surface area is 147 Å².